The third-order valence-corrected chi connectivity index (χ3v) is 5.04. The lowest BCUT2D eigenvalue weighted by Gasteiger charge is -2.63. The highest BCUT2D eigenvalue weighted by Crippen LogP contribution is 2.63. The molecule has 0 aromatic rings. The Morgan fingerprint density at radius 1 is 1.19 bits per heavy atom. The largest absolute Gasteiger partial charge is 0.103 e. The molecule has 1 aliphatic carbocycles. The summed E-state index contributed by atoms with van der Waals surface area (Å²) in [4.78, 5) is 0. The fourth-order valence-electron chi connectivity index (χ4n) is 4.22. The van der Waals surface area contributed by atoms with Gasteiger partial charge in [0.2, 0.25) is 0 Å². The first-order chi connectivity index (χ1) is 7.43. The highest BCUT2D eigenvalue weighted by Gasteiger charge is 2.58. The Bertz CT molecular complexity index is 274. The smallest absolute Gasteiger partial charge is 0.000315 e. The van der Waals surface area contributed by atoms with Gasteiger partial charge in [0.15, 0.2) is 0 Å². The molecule has 0 spiro atoms. The molecule has 0 heteroatoms. The van der Waals surface area contributed by atoms with Crippen molar-refractivity contribution >= 4 is 0 Å². The SMILES string of the molecule is C=CC(C)C1(C=CC)C(C)C(C)C1C(C)C. The predicted molar refractivity (Wildman–Crippen MR) is 73.3 cm³/mol. The van der Waals surface area contributed by atoms with Crippen LogP contribution >= 0.6 is 0 Å². The second-order valence-electron chi connectivity index (χ2n) is 5.94. The second-order valence-corrected chi connectivity index (χ2v) is 5.94. The van der Waals surface area contributed by atoms with Gasteiger partial charge in [0.05, 0.1) is 0 Å². The van der Waals surface area contributed by atoms with Crippen molar-refractivity contribution in [1.29, 1.82) is 0 Å². The highest BCUT2D eigenvalue weighted by molar-refractivity contribution is 5.19. The van der Waals surface area contributed by atoms with E-state index < -0.39 is 0 Å². The van der Waals surface area contributed by atoms with Crippen LogP contribution in [-0.2, 0) is 0 Å². The van der Waals surface area contributed by atoms with E-state index in [0.717, 1.165) is 23.7 Å². The minimum absolute atomic E-state index is 0.351. The molecule has 1 aliphatic rings. The molecule has 92 valence electrons. The molecule has 0 radical (unpaired) electrons. The van der Waals surface area contributed by atoms with E-state index in [1.54, 1.807) is 0 Å². The van der Waals surface area contributed by atoms with Gasteiger partial charge in [0, 0.05) is 5.41 Å². The Kier molecular flexibility index (Phi) is 4.04. The number of allylic oxidation sites excluding steroid dienone is 3. The average molecular weight is 220 g/mol. The molecule has 0 heterocycles. The summed E-state index contributed by atoms with van der Waals surface area (Å²) in [5.74, 6) is 3.72. The Morgan fingerprint density at radius 3 is 2.12 bits per heavy atom. The van der Waals surface area contributed by atoms with Crippen molar-refractivity contribution in [2.24, 2.45) is 35.0 Å². The Balaban J connectivity index is 3.13. The normalized spacial score (nSPS) is 41.1. The van der Waals surface area contributed by atoms with Crippen LogP contribution in [0.25, 0.3) is 0 Å². The quantitative estimate of drug-likeness (QED) is 0.589. The van der Waals surface area contributed by atoms with Crippen LogP contribution in [0.15, 0.2) is 24.8 Å². The first-order valence-electron chi connectivity index (χ1n) is 6.69. The van der Waals surface area contributed by atoms with Crippen LogP contribution in [0, 0.1) is 35.0 Å². The first-order valence-corrected chi connectivity index (χ1v) is 6.69. The van der Waals surface area contributed by atoms with Crippen molar-refractivity contribution in [1.82, 2.24) is 0 Å². The maximum absolute atomic E-state index is 4.01. The van der Waals surface area contributed by atoms with Crippen molar-refractivity contribution in [3.05, 3.63) is 24.8 Å². The molecule has 0 bridgehead atoms. The lowest BCUT2D eigenvalue weighted by Crippen LogP contribution is -2.58. The minimum atomic E-state index is 0.351. The van der Waals surface area contributed by atoms with Crippen molar-refractivity contribution < 1.29 is 0 Å². The fraction of sp³-hybridized carbons (Fsp3) is 0.750. The molecule has 0 N–H and O–H groups in total. The molecule has 1 rings (SSSR count). The van der Waals surface area contributed by atoms with E-state index in [1.807, 2.05) is 0 Å². The zero-order valence-corrected chi connectivity index (χ0v) is 11.8. The topological polar surface area (TPSA) is 0 Å². The Labute approximate surface area is 102 Å². The number of hydrogen-bond acceptors (Lipinski definition) is 0. The maximum atomic E-state index is 4.01. The predicted octanol–water partition coefficient (Wildman–Crippen LogP) is 4.93. The summed E-state index contributed by atoms with van der Waals surface area (Å²) in [5.41, 5.74) is 0.351. The molecule has 0 amide bonds. The molecule has 0 aromatic heterocycles. The van der Waals surface area contributed by atoms with E-state index in [0.29, 0.717) is 11.3 Å². The van der Waals surface area contributed by atoms with Gasteiger partial charge in [-0.15, -0.1) is 6.58 Å². The third kappa shape index (κ3) is 1.67. The summed E-state index contributed by atoms with van der Waals surface area (Å²) in [6.45, 7) is 18.0. The van der Waals surface area contributed by atoms with Gasteiger partial charge >= 0.3 is 0 Å². The van der Waals surface area contributed by atoms with Crippen LogP contribution in [0.1, 0.15) is 41.5 Å². The average Bonchev–Trinajstić information content (AvgIpc) is 2.25. The third-order valence-electron chi connectivity index (χ3n) is 5.04. The van der Waals surface area contributed by atoms with E-state index in [4.69, 9.17) is 0 Å². The molecular weight excluding hydrogens is 192 g/mol. The Morgan fingerprint density at radius 2 is 1.75 bits per heavy atom. The summed E-state index contributed by atoms with van der Waals surface area (Å²) in [6, 6.07) is 0. The van der Waals surface area contributed by atoms with E-state index >= 15 is 0 Å². The zero-order chi connectivity index (χ0) is 12.5. The standard InChI is InChI=1S/C16H28/c1-8-10-16(12(5)9-2)14(7)13(6)15(16)11(3)4/h8-15H,2H2,1,3-7H3. The molecule has 5 unspecified atom stereocenters. The molecule has 0 aliphatic heterocycles. The monoisotopic (exact) mass is 220 g/mol. The maximum Gasteiger partial charge on any atom is 0.000315 e. The van der Waals surface area contributed by atoms with Crippen molar-refractivity contribution in [3.8, 4) is 0 Å². The molecule has 0 saturated heterocycles. The van der Waals surface area contributed by atoms with E-state index in [2.05, 4.69) is 66.3 Å². The van der Waals surface area contributed by atoms with Gasteiger partial charge in [-0.05, 0) is 36.5 Å². The van der Waals surface area contributed by atoms with Crippen LogP contribution in [-0.4, -0.2) is 0 Å². The lowest BCUT2D eigenvalue weighted by atomic mass is 9.41. The van der Waals surface area contributed by atoms with Gasteiger partial charge < -0.3 is 0 Å². The summed E-state index contributed by atoms with van der Waals surface area (Å²) in [6.07, 6.45) is 6.82. The first kappa shape index (κ1) is 13.5. The molecule has 5 atom stereocenters. The summed E-state index contributed by atoms with van der Waals surface area (Å²) in [7, 11) is 0. The molecule has 16 heavy (non-hydrogen) atoms. The second kappa shape index (κ2) is 4.77. The van der Waals surface area contributed by atoms with Gasteiger partial charge in [-0.2, -0.15) is 0 Å². The van der Waals surface area contributed by atoms with E-state index in [1.165, 1.54) is 0 Å². The fourth-order valence-corrected chi connectivity index (χ4v) is 4.22. The van der Waals surface area contributed by atoms with Crippen molar-refractivity contribution in [2.75, 3.05) is 0 Å². The molecule has 0 nitrogen and oxygen atoms in total. The van der Waals surface area contributed by atoms with Crippen LogP contribution in [0.3, 0.4) is 0 Å². The van der Waals surface area contributed by atoms with E-state index in [9.17, 15) is 0 Å². The van der Waals surface area contributed by atoms with Crippen molar-refractivity contribution in [2.45, 2.75) is 41.5 Å². The van der Waals surface area contributed by atoms with Crippen LogP contribution < -0.4 is 0 Å². The number of hydrogen-bond donors (Lipinski definition) is 0. The summed E-state index contributed by atoms with van der Waals surface area (Å²) >= 11 is 0. The minimum Gasteiger partial charge on any atom is -0.103 e. The molecular formula is C16H28. The lowest BCUT2D eigenvalue weighted by molar-refractivity contribution is -0.116. The molecule has 0 aromatic carbocycles. The zero-order valence-electron chi connectivity index (χ0n) is 11.8. The van der Waals surface area contributed by atoms with E-state index in [-0.39, 0.29) is 0 Å². The summed E-state index contributed by atoms with van der Waals surface area (Å²) in [5, 5.41) is 0. The molecule has 1 saturated carbocycles. The Hall–Kier alpha value is -0.520. The van der Waals surface area contributed by atoms with Crippen LogP contribution in [0.5, 0.6) is 0 Å². The van der Waals surface area contributed by atoms with Gasteiger partial charge in [0.25, 0.3) is 0 Å². The van der Waals surface area contributed by atoms with Gasteiger partial charge in [-0.1, -0.05) is 52.8 Å². The summed E-state index contributed by atoms with van der Waals surface area (Å²) < 4.78 is 0. The van der Waals surface area contributed by atoms with Gasteiger partial charge in [-0.25, -0.2) is 0 Å². The molecule has 1 fully saturated rings. The number of rotatable bonds is 4. The van der Waals surface area contributed by atoms with Gasteiger partial charge in [0.1, 0.15) is 0 Å². The highest BCUT2D eigenvalue weighted by atomic mass is 14.6. The van der Waals surface area contributed by atoms with Crippen LogP contribution in [0.4, 0.5) is 0 Å². The van der Waals surface area contributed by atoms with Crippen molar-refractivity contribution in [3.63, 3.8) is 0 Å². The van der Waals surface area contributed by atoms with Gasteiger partial charge in [-0.3, -0.25) is 0 Å². The van der Waals surface area contributed by atoms with Crippen LogP contribution in [0.2, 0.25) is 0 Å².